The first kappa shape index (κ1) is 54.1. The number of anilines is 2. The minimum atomic E-state index is -4.80. The molecular formula is C54H58F3N7O7S2. The molecule has 0 bridgehead atoms. The Hall–Kier alpha value is -6.72. The predicted octanol–water partition coefficient (Wildman–Crippen LogP) is 9.23. The Balaban J connectivity index is 0.847. The fraction of sp³-hybridized carbons (Fsp3) is 0.389. The zero-order chi connectivity index (χ0) is 52.8. The van der Waals surface area contributed by atoms with Gasteiger partial charge in [0.15, 0.2) is 5.11 Å². The van der Waals surface area contributed by atoms with E-state index < -0.39 is 52.2 Å². The summed E-state index contributed by atoms with van der Waals surface area (Å²) >= 11 is 7.25. The fourth-order valence-electron chi connectivity index (χ4n) is 8.80. The van der Waals surface area contributed by atoms with Gasteiger partial charge in [-0.05, 0) is 116 Å². The van der Waals surface area contributed by atoms with Crippen molar-refractivity contribution in [2.24, 2.45) is 5.41 Å². The van der Waals surface area contributed by atoms with Gasteiger partial charge in [-0.1, -0.05) is 69.3 Å². The molecule has 4 aromatic carbocycles. The molecule has 19 heteroatoms. The summed E-state index contributed by atoms with van der Waals surface area (Å²) in [5.41, 5.74) is 3.37. The van der Waals surface area contributed by atoms with Crippen molar-refractivity contribution < 1.29 is 46.6 Å². The third-order valence-electron chi connectivity index (χ3n) is 12.9. The van der Waals surface area contributed by atoms with Gasteiger partial charge >= 0.3 is 6.18 Å². The van der Waals surface area contributed by atoms with Crippen LogP contribution in [0, 0.1) is 23.7 Å². The number of ether oxygens (including phenoxy) is 3. The van der Waals surface area contributed by atoms with E-state index in [1.165, 1.54) is 11.0 Å². The van der Waals surface area contributed by atoms with E-state index in [0.29, 0.717) is 37.3 Å². The van der Waals surface area contributed by atoms with Crippen molar-refractivity contribution in [1.82, 2.24) is 20.5 Å². The molecule has 73 heavy (non-hydrogen) atoms. The molecule has 14 nitrogen and oxygen atoms in total. The van der Waals surface area contributed by atoms with Crippen LogP contribution < -0.4 is 25.2 Å². The third-order valence-corrected chi connectivity index (χ3v) is 14.2. The van der Waals surface area contributed by atoms with Crippen LogP contribution in [0.2, 0.25) is 0 Å². The van der Waals surface area contributed by atoms with Gasteiger partial charge in [0, 0.05) is 38.9 Å². The number of thiazole rings is 1. The average Bonchev–Trinajstić information content (AvgIpc) is 4.05. The molecule has 2 saturated heterocycles. The monoisotopic (exact) mass is 1040 g/mol. The maximum absolute atomic E-state index is 14.2. The van der Waals surface area contributed by atoms with Gasteiger partial charge in [0.25, 0.3) is 5.91 Å². The molecule has 3 heterocycles. The van der Waals surface area contributed by atoms with Gasteiger partial charge in [-0.25, -0.2) is 4.98 Å². The number of benzene rings is 4. The first-order chi connectivity index (χ1) is 34.6. The second-order valence-electron chi connectivity index (χ2n) is 19.5. The molecular weight excluding hydrogens is 980 g/mol. The van der Waals surface area contributed by atoms with Gasteiger partial charge in [-0.3, -0.25) is 24.1 Å². The smallest absolute Gasteiger partial charge is 0.417 e. The van der Waals surface area contributed by atoms with Crippen molar-refractivity contribution in [3.63, 3.8) is 0 Å². The minimum Gasteiger partial charge on any atom is -0.494 e. The Morgan fingerprint density at radius 1 is 0.932 bits per heavy atom. The largest absolute Gasteiger partial charge is 0.494 e. The summed E-state index contributed by atoms with van der Waals surface area (Å²) in [5.74, 6) is -0.977. The van der Waals surface area contributed by atoms with Crippen molar-refractivity contribution in [1.29, 1.82) is 5.26 Å². The molecule has 0 saturated carbocycles. The second kappa shape index (κ2) is 22.6. The Kier molecular flexibility index (Phi) is 16.7. The molecule has 0 aliphatic carbocycles. The summed E-state index contributed by atoms with van der Waals surface area (Å²) in [6, 6.07) is 25.7. The molecule has 3 atom stereocenters. The molecule has 384 valence electrons. The van der Waals surface area contributed by atoms with E-state index in [9.17, 15) is 37.6 Å². The number of methoxy groups -OCH3 is 1. The Bertz CT molecular complexity index is 2860. The molecule has 1 unspecified atom stereocenters. The number of nitrogens with one attached hydrogen (secondary N) is 2. The molecule has 0 spiro atoms. The number of rotatable bonds is 18. The summed E-state index contributed by atoms with van der Waals surface area (Å²) in [5, 5.41) is 15.1. The molecule has 7 rings (SSSR count). The van der Waals surface area contributed by atoms with E-state index in [2.05, 4.69) is 15.6 Å². The predicted molar refractivity (Wildman–Crippen MR) is 277 cm³/mol. The van der Waals surface area contributed by atoms with Crippen molar-refractivity contribution in [2.75, 3.05) is 43.3 Å². The number of halogens is 3. The number of aryl methyl sites for hydroxylation is 1. The zero-order valence-electron chi connectivity index (χ0n) is 41.7. The zero-order valence-corrected chi connectivity index (χ0v) is 43.3. The van der Waals surface area contributed by atoms with Gasteiger partial charge in [-0.2, -0.15) is 18.4 Å². The lowest BCUT2D eigenvalue weighted by molar-refractivity contribution is -0.144. The van der Waals surface area contributed by atoms with Crippen molar-refractivity contribution in [2.45, 2.75) is 97.3 Å². The number of carbonyl (C=O) groups is 4. The molecule has 2 aliphatic heterocycles. The molecule has 2 N–H and O–H groups in total. The standard InChI is InChI=1S/C54H58F3N7O7S2/c1-33-46(73-32-60-33)37-12-10-34(11-13-37)29-59-48(66)44-27-42(69-7)30-62(44)49(67)47(52(2,3)4)61-45(65)31-70-24-8-9-25-71-41-22-17-36(18-23-41)35-14-19-39(20-15-35)64-51(72)63(50(68)53(64,5)6)40-21-16-38(28-58)43(26-40)54(55,56)57/h10-23,26,32,42,44,47H,8-9,24-25,27,29-31H2,1-7H3,(H,59,66)(H,61,65)/t42?,44-,47+/m0/s1. The van der Waals surface area contributed by atoms with Crippen LogP contribution in [0.5, 0.6) is 5.75 Å². The summed E-state index contributed by atoms with van der Waals surface area (Å²) in [4.78, 5) is 64.2. The van der Waals surface area contributed by atoms with Crippen LogP contribution in [-0.4, -0.2) is 95.8 Å². The van der Waals surface area contributed by atoms with Crippen molar-refractivity contribution in [3.8, 4) is 33.4 Å². The van der Waals surface area contributed by atoms with Gasteiger partial charge in [-0.15, -0.1) is 11.3 Å². The Morgan fingerprint density at radius 3 is 2.16 bits per heavy atom. The summed E-state index contributed by atoms with van der Waals surface area (Å²) in [6.07, 6.45) is -3.56. The lowest BCUT2D eigenvalue weighted by atomic mass is 9.85. The van der Waals surface area contributed by atoms with E-state index in [4.69, 9.17) is 26.4 Å². The van der Waals surface area contributed by atoms with E-state index in [1.54, 1.807) is 55.4 Å². The van der Waals surface area contributed by atoms with E-state index in [1.807, 2.05) is 93.9 Å². The number of amides is 4. The number of carbonyl (C=O) groups excluding carboxylic acids is 4. The molecule has 5 aromatic rings. The van der Waals surface area contributed by atoms with Crippen LogP contribution in [-0.2, 0) is 41.4 Å². The first-order valence-electron chi connectivity index (χ1n) is 23.7. The van der Waals surface area contributed by atoms with Gasteiger partial charge in [0.2, 0.25) is 17.7 Å². The molecule has 1 aromatic heterocycles. The number of thiocarbonyl (C=S) groups is 1. The maximum atomic E-state index is 14.2. The highest BCUT2D eigenvalue weighted by Crippen LogP contribution is 2.40. The molecule has 4 amide bonds. The number of nitriles is 1. The van der Waals surface area contributed by atoms with Crippen LogP contribution in [0.1, 0.15) is 76.3 Å². The Labute approximate surface area is 432 Å². The lowest BCUT2D eigenvalue weighted by Gasteiger charge is -2.35. The molecule has 2 aliphatic rings. The SMILES string of the molecule is COC1C[C@@H](C(=O)NCc2ccc(-c3scnc3C)cc2)N(C(=O)[C@@H](NC(=O)COCCCCOc2ccc(-c3ccc(N4C(=S)N(c5ccc(C#N)c(C(F)(F)F)c5)C(=O)C4(C)C)cc3)cc2)C(C)(C)C)C1. The first-order valence-corrected chi connectivity index (χ1v) is 25.0. The highest BCUT2D eigenvalue weighted by Gasteiger charge is 2.51. The van der Waals surface area contributed by atoms with Crippen molar-refractivity contribution in [3.05, 3.63) is 119 Å². The van der Waals surface area contributed by atoms with Crippen LogP contribution in [0.4, 0.5) is 24.5 Å². The quantitative estimate of drug-likeness (QED) is 0.0635. The van der Waals surface area contributed by atoms with Crippen LogP contribution >= 0.6 is 23.6 Å². The summed E-state index contributed by atoms with van der Waals surface area (Å²) < 4.78 is 58.6. The number of nitrogens with zero attached hydrogens (tertiary/aromatic N) is 5. The van der Waals surface area contributed by atoms with Crippen LogP contribution in [0.15, 0.2) is 96.5 Å². The summed E-state index contributed by atoms with van der Waals surface area (Å²) in [6.45, 7) is 11.8. The lowest BCUT2D eigenvalue weighted by Crippen LogP contribution is -2.58. The number of hydrogen-bond acceptors (Lipinski definition) is 11. The van der Waals surface area contributed by atoms with E-state index in [0.717, 1.165) is 49.9 Å². The fourth-order valence-corrected chi connectivity index (χ4v) is 10.1. The van der Waals surface area contributed by atoms with Gasteiger partial charge < -0.3 is 34.6 Å². The van der Waals surface area contributed by atoms with Crippen molar-refractivity contribution >= 4 is 63.7 Å². The third kappa shape index (κ3) is 12.4. The highest BCUT2D eigenvalue weighted by molar-refractivity contribution is 7.81. The van der Waals surface area contributed by atoms with Gasteiger partial charge in [0.05, 0.1) is 51.7 Å². The minimum absolute atomic E-state index is 0.00646. The number of alkyl halides is 3. The van der Waals surface area contributed by atoms with Gasteiger partial charge in [0.1, 0.15) is 30.0 Å². The average molecular weight is 1040 g/mol. The number of aromatic nitrogens is 1. The summed E-state index contributed by atoms with van der Waals surface area (Å²) in [7, 11) is 1.55. The second-order valence-corrected chi connectivity index (χ2v) is 20.7. The molecule has 0 radical (unpaired) electrons. The number of unbranched alkanes of at least 4 members (excludes halogenated alkanes) is 1. The van der Waals surface area contributed by atoms with E-state index in [-0.39, 0.29) is 55.0 Å². The Morgan fingerprint density at radius 2 is 1.56 bits per heavy atom. The molecule has 2 fully saturated rings. The number of likely N-dealkylation sites (tertiary alicyclic amines) is 1. The van der Waals surface area contributed by atoms with Crippen LogP contribution in [0.25, 0.3) is 21.6 Å². The highest BCUT2D eigenvalue weighted by atomic mass is 32.1. The van der Waals surface area contributed by atoms with E-state index >= 15 is 0 Å². The number of hydrogen-bond donors (Lipinski definition) is 2. The topological polar surface area (TPSA) is 166 Å². The van der Waals surface area contributed by atoms with Crippen LogP contribution in [0.3, 0.4) is 0 Å². The normalized spacial score (nSPS) is 17.1. The maximum Gasteiger partial charge on any atom is 0.417 e.